The maximum Gasteiger partial charge on any atom is 0.302 e. The van der Waals surface area contributed by atoms with Gasteiger partial charge in [-0.15, -0.1) is 0 Å². The van der Waals surface area contributed by atoms with Crippen LogP contribution >= 0.6 is 0 Å². The van der Waals surface area contributed by atoms with Crippen molar-refractivity contribution in [2.75, 3.05) is 41.4 Å². The van der Waals surface area contributed by atoms with Gasteiger partial charge in [0.05, 0.1) is 30.0 Å². The van der Waals surface area contributed by atoms with Gasteiger partial charge in [0.1, 0.15) is 24.8 Å². The smallest absolute Gasteiger partial charge is 0.302 e. The first kappa shape index (κ1) is 25.9. The van der Waals surface area contributed by atoms with Gasteiger partial charge in [0.15, 0.2) is 5.75 Å². The van der Waals surface area contributed by atoms with Crippen LogP contribution in [0.3, 0.4) is 0 Å². The minimum absolute atomic E-state index is 0.0237. The first-order chi connectivity index (χ1) is 17.7. The topological polar surface area (TPSA) is 84.0 Å². The largest absolute Gasteiger partial charge is 0.489 e. The molecule has 0 saturated carbocycles. The Hall–Kier alpha value is -4.14. The highest BCUT2D eigenvalue weighted by atomic mass is 19.1. The number of benzene rings is 2. The minimum Gasteiger partial charge on any atom is -0.489 e. The third kappa shape index (κ3) is 5.99. The van der Waals surface area contributed by atoms with E-state index < -0.39 is 11.7 Å². The number of halogens is 1. The number of hydrogen-bond donors (Lipinski definition) is 1. The Balaban J connectivity index is 1.53. The first-order valence-electron chi connectivity index (χ1n) is 12.2. The van der Waals surface area contributed by atoms with E-state index in [1.54, 1.807) is 35.4 Å². The number of pyridine rings is 1. The molecule has 0 unspecified atom stereocenters. The van der Waals surface area contributed by atoms with Crippen molar-refractivity contribution in [1.82, 2.24) is 4.98 Å². The van der Waals surface area contributed by atoms with Crippen molar-refractivity contribution in [2.24, 2.45) is 0 Å². The number of ether oxygens (including phenoxy) is 2. The van der Waals surface area contributed by atoms with Gasteiger partial charge in [0.25, 0.3) is 5.91 Å². The molecule has 0 bridgehead atoms. The highest BCUT2D eigenvalue weighted by Crippen LogP contribution is 2.38. The molecular formula is C28H31FN4O4. The Morgan fingerprint density at radius 2 is 2.03 bits per heavy atom. The fourth-order valence-electron chi connectivity index (χ4n) is 4.25. The Morgan fingerprint density at radius 1 is 1.22 bits per heavy atom. The highest BCUT2D eigenvalue weighted by molar-refractivity contribution is 6.07. The summed E-state index contributed by atoms with van der Waals surface area (Å²) in [6, 6.07) is 13.8. The Morgan fingerprint density at radius 3 is 2.70 bits per heavy atom. The van der Waals surface area contributed by atoms with E-state index in [9.17, 15) is 9.59 Å². The molecule has 0 spiro atoms. The summed E-state index contributed by atoms with van der Waals surface area (Å²) >= 11 is 0. The van der Waals surface area contributed by atoms with Crippen molar-refractivity contribution >= 4 is 34.8 Å². The van der Waals surface area contributed by atoms with E-state index in [4.69, 9.17) is 9.47 Å². The minimum atomic E-state index is -0.489. The van der Waals surface area contributed by atoms with Crippen molar-refractivity contribution in [2.45, 2.75) is 33.7 Å². The summed E-state index contributed by atoms with van der Waals surface area (Å²) in [5, 5.41) is 2.78. The van der Waals surface area contributed by atoms with Crippen molar-refractivity contribution in [3.8, 4) is 5.75 Å². The van der Waals surface area contributed by atoms with E-state index in [0.29, 0.717) is 42.4 Å². The molecule has 4 rings (SSSR count). The lowest BCUT2D eigenvalue weighted by atomic mass is 10.1. The molecule has 1 aromatic heterocycles. The summed E-state index contributed by atoms with van der Waals surface area (Å²) in [7, 11) is 0. The van der Waals surface area contributed by atoms with E-state index in [1.165, 1.54) is 13.0 Å². The fourth-order valence-corrected chi connectivity index (χ4v) is 4.25. The third-order valence-electron chi connectivity index (χ3n) is 6.04. The maximum absolute atomic E-state index is 15.1. The lowest BCUT2D eigenvalue weighted by Gasteiger charge is -2.31. The molecule has 2 aromatic carbocycles. The number of aromatic nitrogens is 1. The van der Waals surface area contributed by atoms with Crippen LogP contribution in [-0.2, 0) is 9.53 Å². The van der Waals surface area contributed by atoms with Crippen LogP contribution in [0.15, 0.2) is 54.7 Å². The third-order valence-corrected chi connectivity index (χ3v) is 6.04. The summed E-state index contributed by atoms with van der Waals surface area (Å²) in [5.74, 6) is -0.0425. The lowest BCUT2D eigenvalue weighted by Crippen LogP contribution is -2.35. The summed E-state index contributed by atoms with van der Waals surface area (Å²) < 4.78 is 26.0. The quantitative estimate of drug-likeness (QED) is 0.426. The molecule has 0 aliphatic carbocycles. The molecule has 37 heavy (non-hydrogen) atoms. The van der Waals surface area contributed by atoms with Gasteiger partial charge >= 0.3 is 5.97 Å². The zero-order valence-electron chi connectivity index (χ0n) is 21.5. The van der Waals surface area contributed by atoms with Crippen LogP contribution in [0.1, 0.15) is 36.7 Å². The number of anilines is 4. The number of amides is 1. The van der Waals surface area contributed by atoms with Gasteiger partial charge in [-0.1, -0.05) is 12.1 Å². The summed E-state index contributed by atoms with van der Waals surface area (Å²) in [4.78, 5) is 32.6. The van der Waals surface area contributed by atoms with Gasteiger partial charge in [-0.25, -0.2) is 9.37 Å². The Kier molecular flexibility index (Phi) is 7.91. The molecule has 1 amide bonds. The molecule has 194 valence electrons. The number of fused-ring (bicyclic) bond motifs is 1. The molecule has 1 N–H and O–H groups in total. The predicted octanol–water partition coefficient (Wildman–Crippen LogP) is 5.09. The number of carbonyl (C=O) groups excluding carboxylic acids is 2. The number of para-hydroxylation sites is 1. The van der Waals surface area contributed by atoms with E-state index in [0.717, 1.165) is 17.1 Å². The number of hydrogen-bond acceptors (Lipinski definition) is 7. The molecule has 0 radical (unpaired) electrons. The van der Waals surface area contributed by atoms with Gasteiger partial charge in [-0.3, -0.25) is 9.59 Å². The van der Waals surface area contributed by atoms with Crippen LogP contribution in [0.5, 0.6) is 5.75 Å². The zero-order valence-corrected chi connectivity index (χ0v) is 21.5. The van der Waals surface area contributed by atoms with E-state index >= 15 is 4.39 Å². The van der Waals surface area contributed by atoms with Crippen molar-refractivity contribution < 1.29 is 23.5 Å². The number of esters is 1. The van der Waals surface area contributed by atoms with Crippen molar-refractivity contribution in [1.29, 1.82) is 0 Å². The van der Waals surface area contributed by atoms with Gasteiger partial charge in [0, 0.05) is 24.8 Å². The second-order valence-corrected chi connectivity index (χ2v) is 9.10. The molecule has 0 saturated heterocycles. The van der Waals surface area contributed by atoms with Gasteiger partial charge in [0.2, 0.25) is 0 Å². The standard InChI is InChI=1S/C28H31FN4O4/c1-18(2)32(12-14-36-20(4)34)24-10-9-21(16-23(24)29)31-28(35)22-6-5-7-25-27(22)37-15-13-33(25)26-11-8-19(3)17-30-26/h5-11,16-18H,12-15H2,1-4H3,(H,31,35). The van der Waals surface area contributed by atoms with E-state index in [-0.39, 0.29) is 18.6 Å². The number of rotatable bonds is 8. The number of aryl methyl sites for hydroxylation is 1. The van der Waals surface area contributed by atoms with Crippen LogP contribution in [0, 0.1) is 12.7 Å². The SMILES string of the molecule is CC(=O)OCCN(c1ccc(NC(=O)c2cccc3c2OCCN3c2ccc(C)cn2)cc1F)C(C)C. The normalized spacial score (nSPS) is 12.5. The van der Waals surface area contributed by atoms with Gasteiger partial charge in [-0.2, -0.15) is 0 Å². The monoisotopic (exact) mass is 506 g/mol. The van der Waals surface area contributed by atoms with Crippen molar-refractivity contribution in [3.05, 3.63) is 71.7 Å². The average molecular weight is 507 g/mol. The molecule has 1 aliphatic heterocycles. The molecule has 9 heteroatoms. The van der Waals surface area contributed by atoms with E-state index in [2.05, 4.69) is 10.3 Å². The molecule has 0 atom stereocenters. The highest BCUT2D eigenvalue weighted by Gasteiger charge is 2.26. The fraction of sp³-hybridized carbons (Fsp3) is 0.321. The van der Waals surface area contributed by atoms with Gasteiger partial charge in [-0.05, 0) is 62.7 Å². The van der Waals surface area contributed by atoms with E-state index in [1.807, 2.05) is 43.9 Å². The first-order valence-corrected chi connectivity index (χ1v) is 12.2. The van der Waals surface area contributed by atoms with Crippen LogP contribution in [0.25, 0.3) is 0 Å². The molecule has 1 aliphatic rings. The lowest BCUT2D eigenvalue weighted by molar-refractivity contribution is -0.140. The summed E-state index contributed by atoms with van der Waals surface area (Å²) in [6.45, 7) is 8.67. The Labute approximate surface area is 216 Å². The average Bonchev–Trinajstić information content (AvgIpc) is 2.86. The number of nitrogens with zero attached hydrogens (tertiary/aromatic N) is 3. The Bertz CT molecular complexity index is 1280. The zero-order chi connectivity index (χ0) is 26.5. The molecular weight excluding hydrogens is 475 g/mol. The second kappa shape index (κ2) is 11.3. The molecule has 3 aromatic rings. The van der Waals surface area contributed by atoms with Crippen LogP contribution in [0.4, 0.5) is 27.3 Å². The maximum atomic E-state index is 15.1. The van der Waals surface area contributed by atoms with Gasteiger partial charge < -0.3 is 24.6 Å². The van der Waals surface area contributed by atoms with Crippen LogP contribution in [-0.4, -0.2) is 49.2 Å². The second-order valence-electron chi connectivity index (χ2n) is 9.10. The van der Waals surface area contributed by atoms with Crippen LogP contribution in [0.2, 0.25) is 0 Å². The summed E-state index contributed by atoms with van der Waals surface area (Å²) in [5.41, 5.74) is 2.84. The predicted molar refractivity (Wildman–Crippen MR) is 141 cm³/mol. The molecule has 0 fully saturated rings. The number of carbonyl (C=O) groups is 2. The van der Waals surface area contributed by atoms with Crippen LogP contribution < -0.4 is 19.9 Å². The number of nitrogens with one attached hydrogen (secondary N) is 1. The van der Waals surface area contributed by atoms with Crippen molar-refractivity contribution in [3.63, 3.8) is 0 Å². The molecule has 8 nitrogen and oxygen atoms in total. The summed E-state index contributed by atoms with van der Waals surface area (Å²) in [6.07, 6.45) is 1.80. The molecule has 2 heterocycles.